The third-order valence-corrected chi connectivity index (χ3v) is 4.93. The van der Waals surface area contributed by atoms with E-state index < -0.39 is 35.8 Å². The normalized spacial score (nSPS) is 12.6. The van der Waals surface area contributed by atoms with Crippen molar-refractivity contribution in [2.75, 3.05) is 11.9 Å². The van der Waals surface area contributed by atoms with Crippen molar-refractivity contribution >= 4 is 17.8 Å². The molecule has 11 heteroatoms. The van der Waals surface area contributed by atoms with Gasteiger partial charge in [-0.05, 0) is 19.4 Å². The highest BCUT2D eigenvalue weighted by Crippen LogP contribution is 2.22. The van der Waals surface area contributed by atoms with Gasteiger partial charge >= 0.3 is 6.09 Å². The van der Waals surface area contributed by atoms with Gasteiger partial charge in [-0.2, -0.15) is 0 Å². The van der Waals surface area contributed by atoms with E-state index in [-0.39, 0.29) is 31.0 Å². The van der Waals surface area contributed by atoms with Crippen LogP contribution in [0.25, 0.3) is 11.3 Å². The number of amides is 2. The Labute approximate surface area is 200 Å². The molecule has 0 fully saturated rings. The van der Waals surface area contributed by atoms with Crippen LogP contribution in [0.1, 0.15) is 18.9 Å². The average Bonchev–Trinajstić information content (AvgIpc) is 3.28. The van der Waals surface area contributed by atoms with Crippen molar-refractivity contribution in [3.63, 3.8) is 0 Å². The number of halogens is 2. The molecule has 0 unspecified atom stereocenters. The summed E-state index contributed by atoms with van der Waals surface area (Å²) < 4.78 is 37.9. The van der Waals surface area contributed by atoms with Gasteiger partial charge in [0.2, 0.25) is 5.91 Å². The molecule has 0 bridgehead atoms. The first-order valence-electron chi connectivity index (χ1n) is 10.7. The molecule has 2 aromatic carbocycles. The van der Waals surface area contributed by atoms with Crippen LogP contribution >= 0.6 is 0 Å². The van der Waals surface area contributed by atoms with Gasteiger partial charge in [-0.25, -0.2) is 19.0 Å². The highest BCUT2D eigenvalue weighted by Gasteiger charge is 2.25. The molecule has 0 saturated heterocycles. The van der Waals surface area contributed by atoms with Gasteiger partial charge in [-0.15, -0.1) is 0 Å². The fourth-order valence-corrected chi connectivity index (χ4v) is 3.30. The first-order chi connectivity index (χ1) is 16.7. The highest BCUT2D eigenvalue weighted by molar-refractivity contribution is 5.84. The molecule has 9 nitrogen and oxygen atoms in total. The van der Waals surface area contributed by atoms with Crippen molar-refractivity contribution in [1.29, 1.82) is 0 Å². The minimum atomic E-state index is -1.09. The lowest BCUT2D eigenvalue weighted by atomic mass is 10.1. The summed E-state index contributed by atoms with van der Waals surface area (Å²) in [6.45, 7) is 4.17. The number of benzene rings is 2. The summed E-state index contributed by atoms with van der Waals surface area (Å²) >= 11 is 0. The number of hydrogen-bond donors (Lipinski definition) is 3. The van der Waals surface area contributed by atoms with Crippen molar-refractivity contribution in [2.45, 2.75) is 32.0 Å². The van der Waals surface area contributed by atoms with Crippen LogP contribution in [-0.4, -0.2) is 46.0 Å². The zero-order chi connectivity index (χ0) is 25.4. The molecule has 1 aromatic heterocycles. The number of carbonyl (C=O) groups excluding carboxylic acids is 2. The molecule has 0 aliphatic heterocycles. The molecule has 0 aliphatic carbocycles. The number of aromatic nitrogens is 1. The smallest absolute Gasteiger partial charge is 0.412 e. The predicted octanol–water partition coefficient (Wildman–Crippen LogP) is 3.68. The minimum Gasteiger partial charge on any atom is -0.447 e. The van der Waals surface area contributed by atoms with Gasteiger partial charge in [0, 0.05) is 30.7 Å². The Morgan fingerprint density at radius 2 is 1.94 bits per heavy atom. The topological polar surface area (TPSA) is 117 Å². The number of aliphatic hydroxyl groups excluding tert-OH is 1. The summed E-state index contributed by atoms with van der Waals surface area (Å²) in [4.78, 5) is 24.5. The molecule has 3 N–H and O–H groups in total. The van der Waals surface area contributed by atoms with Crippen LogP contribution in [0.15, 0.2) is 59.1 Å². The van der Waals surface area contributed by atoms with E-state index in [9.17, 15) is 23.5 Å². The quantitative estimate of drug-likeness (QED) is 0.374. The highest BCUT2D eigenvalue weighted by atomic mass is 19.2. The third-order valence-electron chi connectivity index (χ3n) is 4.93. The van der Waals surface area contributed by atoms with Crippen LogP contribution in [0.5, 0.6) is 0 Å². The number of hydrogen-bond acceptors (Lipinski definition) is 7. The summed E-state index contributed by atoms with van der Waals surface area (Å²) in [6, 6.07) is 13.5. The minimum absolute atomic E-state index is 0.0101. The largest absolute Gasteiger partial charge is 0.447 e. The molecule has 3 aromatic rings. The molecule has 185 valence electrons. The van der Waals surface area contributed by atoms with Gasteiger partial charge in [0.15, 0.2) is 23.2 Å². The molecule has 0 saturated carbocycles. The van der Waals surface area contributed by atoms with Gasteiger partial charge in [-0.1, -0.05) is 47.6 Å². The SMILES string of the molecule is [CH2][C@@H](O)C[C@@H](COC(=O)Nc1cc(-c2ccccc2)on1)N(NCc1cccc(F)c1F)C(C)=O. The number of hydrazine groups is 1. The second kappa shape index (κ2) is 12.0. The van der Waals surface area contributed by atoms with Crippen molar-refractivity contribution < 1.29 is 32.7 Å². The van der Waals surface area contributed by atoms with E-state index in [1.807, 2.05) is 30.3 Å². The molecular weight excluding hydrogens is 462 g/mol. The van der Waals surface area contributed by atoms with E-state index in [0.29, 0.717) is 5.76 Å². The van der Waals surface area contributed by atoms with E-state index in [2.05, 4.69) is 22.8 Å². The molecule has 3 rings (SSSR count). The van der Waals surface area contributed by atoms with E-state index in [0.717, 1.165) is 16.6 Å². The van der Waals surface area contributed by atoms with Crippen molar-refractivity contribution in [3.8, 4) is 11.3 Å². The number of anilines is 1. The molecule has 35 heavy (non-hydrogen) atoms. The first kappa shape index (κ1) is 25.8. The Bertz CT molecular complexity index is 1140. The summed E-state index contributed by atoms with van der Waals surface area (Å²) in [6.07, 6.45) is -2.03. The molecule has 0 aliphatic rings. The monoisotopic (exact) mass is 487 g/mol. The van der Waals surface area contributed by atoms with Crippen molar-refractivity contribution in [2.24, 2.45) is 0 Å². The molecule has 2 atom stereocenters. The van der Waals surface area contributed by atoms with Crippen molar-refractivity contribution in [1.82, 2.24) is 15.6 Å². The van der Waals surface area contributed by atoms with Gasteiger partial charge in [-0.3, -0.25) is 15.1 Å². The van der Waals surface area contributed by atoms with Crippen LogP contribution < -0.4 is 10.7 Å². The van der Waals surface area contributed by atoms with E-state index in [4.69, 9.17) is 9.26 Å². The van der Waals surface area contributed by atoms with Gasteiger partial charge in [0.25, 0.3) is 0 Å². The Hall–Kier alpha value is -3.83. The predicted molar refractivity (Wildman–Crippen MR) is 122 cm³/mol. The van der Waals surface area contributed by atoms with Crippen LogP contribution in [-0.2, 0) is 16.1 Å². The maximum Gasteiger partial charge on any atom is 0.412 e. The molecule has 1 radical (unpaired) electrons. The Kier molecular flexibility index (Phi) is 8.87. The Morgan fingerprint density at radius 3 is 2.63 bits per heavy atom. The molecule has 1 heterocycles. The van der Waals surface area contributed by atoms with E-state index in [1.165, 1.54) is 25.1 Å². The number of nitrogens with one attached hydrogen (secondary N) is 2. The second-order valence-corrected chi connectivity index (χ2v) is 7.65. The van der Waals surface area contributed by atoms with Gasteiger partial charge < -0.3 is 14.4 Å². The zero-order valence-corrected chi connectivity index (χ0v) is 18.9. The zero-order valence-electron chi connectivity index (χ0n) is 18.9. The maximum absolute atomic E-state index is 14.0. The molecule has 2 amide bonds. The Balaban J connectivity index is 1.62. The first-order valence-corrected chi connectivity index (χ1v) is 10.7. The van der Waals surface area contributed by atoms with Crippen LogP contribution in [0.3, 0.4) is 0 Å². The lowest BCUT2D eigenvalue weighted by Gasteiger charge is -2.31. The molecular formula is C24H25F2N4O5. The summed E-state index contributed by atoms with van der Waals surface area (Å²) in [5, 5.41) is 17.0. The average molecular weight is 487 g/mol. The maximum atomic E-state index is 14.0. The van der Waals surface area contributed by atoms with Crippen LogP contribution in [0.2, 0.25) is 0 Å². The lowest BCUT2D eigenvalue weighted by Crippen LogP contribution is -2.51. The fourth-order valence-electron chi connectivity index (χ4n) is 3.30. The van der Waals surface area contributed by atoms with Gasteiger partial charge in [0.1, 0.15) is 6.61 Å². The lowest BCUT2D eigenvalue weighted by molar-refractivity contribution is -0.137. The molecule has 0 spiro atoms. The number of aliphatic hydroxyl groups is 1. The third kappa shape index (κ3) is 7.33. The number of ether oxygens (including phenoxy) is 1. The van der Waals surface area contributed by atoms with Gasteiger partial charge in [0.05, 0.1) is 12.1 Å². The summed E-state index contributed by atoms with van der Waals surface area (Å²) in [5.74, 6) is -2.01. The summed E-state index contributed by atoms with van der Waals surface area (Å²) in [7, 11) is 0. The number of nitrogens with zero attached hydrogens (tertiary/aromatic N) is 2. The Morgan fingerprint density at radius 1 is 1.20 bits per heavy atom. The fraction of sp³-hybridized carbons (Fsp3) is 0.250. The second-order valence-electron chi connectivity index (χ2n) is 7.65. The van der Waals surface area contributed by atoms with E-state index in [1.54, 1.807) is 0 Å². The standard InChI is InChI=1S/C24H25F2N4O5/c1-15(31)11-19(30(16(2)32)27-13-18-9-6-10-20(25)23(18)26)14-34-24(33)28-22-12-21(35-29-22)17-7-4-3-5-8-17/h3-10,12,15,19,27,31H,1,11,13-14H2,2H3,(H,28,29,33)/t15-,19+/m1/s1. The van der Waals surface area contributed by atoms with Crippen molar-refractivity contribution in [3.05, 3.63) is 78.7 Å². The number of carbonyl (C=O) groups is 2. The summed E-state index contributed by atoms with van der Waals surface area (Å²) in [5.41, 5.74) is 3.46. The van der Waals surface area contributed by atoms with Crippen LogP contribution in [0, 0.1) is 18.6 Å². The van der Waals surface area contributed by atoms with E-state index >= 15 is 0 Å². The van der Waals surface area contributed by atoms with Crippen LogP contribution in [0.4, 0.5) is 19.4 Å². The number of rotatable bonds is 10.